The molecule has 29 heavy (non-hydrogen) atoms. The van der Waals surface area contributed by atoms with E-state index in [1.807, 2.05) is 34.5 Å². The van der Waals surface area contributed by atoms with Crippen LogP contribution >= 0.6 is 11.3 Å². The molecule has 0 spiro atoms. The third-order valence-corrected chi connectivity index (χ3v) is 5.88. The van der Waals surface area contributed by atoms with Crippen LogP contribution in [-0.2, 0) is 11.3 Å². The summed E-state index contributed by atoms with van der Waals surface area (Å²) in [5.74, 6) is -0.124. The molecule has 2 aliphatic rings. The molecule has 0 aliphatic heterocycles. The van der Waals surface area contributed by atoms with Gasteiger partial charge >= 0.3 is 0 Å². The maximum absolute atomic E-state index is 12.7. The highest BCUT2D eigenvalue weighted by Gasteiger charge is 2.32. The number of amides is 3. The van der Waals surface area contributed by atoms with Crippen LogP contribution in [0.1, 0.15) is 58.4 Å². The van der Waals surface area contributed by atoms with Crippen LogP contribution in [0.2, 0.25) is 0 Å². The van der Waals surface area contributed by atoms with Gasteiger partial charge in [-0.3, -0.25) is 14.4 Å². The smallest absolute Gasteiger partial charge is 0.252 e. The van der Waals surface area contributed by atoms with Gasteiger partial charge in [-0.25, -0.2) is 0 Å². The van der Waals surface area contributed by atoms with E-state index in [-0.39, 0.29) is 30.2 Å². The van der Waals surface area contributed by atoms with Crippen molar-refractivity contribution < 1.29 is 14.4 Å². The Bertz CT molecular complexity index is 871. The van der Waals surface area contributed by atoms with Crippen LogP contribution in [0.15, 0.2) is 41.1 Å². The maximum Gasteiger partial charge on any atom is 0.252 e. The lowest BCUT2D eigenvalue weighted by molar-refractivity contribution is -0.132. The highest BCUT2D eigenvalue weighted by molar-refractivity contribution is 7.08. The largest absolute Gasteiger partial charge is 0.351 e. The number of carbonyl (C=O) groups excluding carboxylic acids is 3. The minimum atomic E-state index is -0.142. The van der Waals surface area contributed by atoms with Crippen molar-refractivity contribution >= 4 is 29.1 Å². The highest BCUT2D eigenvalue weighted by Crippen LogP contribution is 2.29. The maximum atomic E-state index is 12.7. The zero-order valence-corrected chi connectivity index (χ0v) is 17.0. The van der Waals surface area contributed by atoms with Crippen LogP contribution in [0.4, 0.5) is 0 Å². The van der Waals surface area contributed by atoms with Crippen molar-refractivity contribution in [3.63, 3.8) is 0 Å². The van der Waals surface area contributed by atoms with Gasteiger partial charge in [-0.15, -0.1) is 0 Å². The van der Waals surface area contributed by atoms with Gasteiger partial charge in [0, 0.05) is 48.1 Å². The fraction of sp³-hybridized carbons (Fsp3) is 0.409. The molecule has 0 unspecified atom stereocenters. The van der Waals surface area contributed by atoms with Gasteiger partial charge < -0.3 is 15.5 Å². The quantitative estimate of drug-likeness (QED) is 0.666. The average molecular weight is 412 g/mol. The van der Waals surface area contributed by atoms with Crippen LogP contribution in [0.25, 0.3) is 0 Å². The van der Waals surface area contributed by atoms with Crippen LogP contribution in [0.5, 0.6) is 0 Å². The Balaban J connectivity index is 1.28. The minimum Gasteiger partial charge on any atom is -0.351 e. The fourth-order valence-corrected chi connectivity index (χ4v) is 3.82. The summed E-state index contributed by atoms with van der Waals surface area (Å²) in [5.41, 5.74) is 2.30. The van der Waals surface area contributed by atoms with Gasteiger partial charge in [-0.1, -0.05) is 12.1 Å². The summed E-state index contributed by atoms with van der Waals surface area (Å²) < 4.78 is 0. The predicted octanol–water partition coefficient (Wildman–Crippen LogP) is 2.95. The standard InChI is InChI=1S/C22H25N3O3S/c26-20(9-11-23-21(27)17-10-12-29-14-17)25(19-7-8-19)13-15-1-3-16(4-2-15)22(28)24-18-5-6-18/h1-4,10,12,14,18-19H,5-9,11,13H2,(H,23,27)(H,24,28). The topological polar surface area (TPSA) is 78.5 Å². The van der Waals surface area contributed by atoms with Crippen molar-refractivity contribution in [1.29, 1.82) is 0 Å². The van der Waals surface area contributed by atoms with Gasteiger partial charge in [0.05, 0.1) is 0 Å². The molecule has 1 aromatic heterocycles. The Kier molecular flexibility index (Phi) is 5.94. The normalized spacial score (nSPS) is 15.6. The number of benzene rings is 1. The Labute approximate surface area is 174 Å². The van der Waals surface area contributed by atoms with Crippen molar-refractivity contribution in [2.45, 2.75) is 50.7 Å². The molecule has 2 aromatic rings. The Hall–Kier alpha value is -2.67. The van der Waals surface area contributed by atoms with Crippen LogP contribution in [-0.4, -0.2) is 41.2 Å². The number of hydrogen-bond donors (Lipinski definition) is 2. The first kappa shape index (κ1) is 19.6. The Morgan fingerprint density at radius 2 is 1.72 bits per heavy atom. The second-order valence-electron chi connectivity index (χ2n) is 7.72. The molecule has 0 atom stereocenters. The van der Waals surface area contributed by atoms with E-state index in [0.717, 1.165) is 31.2 Å². The lowest BCUT2D eigenvalue weighted by Crippen LogP contribution is -2.35. The molecule has 1 heterocycles. The van der Waals surface area contributed by atoms with E-state index in [2.05, 4.69) is 10.6 Å². The number of hydrogen-bond acceptors (Lipinski definition) is 4. The number of nitrogens with zero attached hydrogens (tertiary/aromatic N) is 1. The van der Waals surface area contributed by atoms with E-state index in [4.69, 9.17) is 0 Å². The van der Waals surface area contributed by atoms with E-state index in [1.54, 1.807) is 11.4 Å². The van der Waals surface area contributed by atoms with Gasteiger partial charge in [-0.2, -0.15) is 11.3 Å². The fourth-order valence-electron chi connectivity index (χ4n) is 3.18. The van der Waals surface area contributed by atoms with Crippen molar-refractivity contribution in [3.05, 3.63) is 57.8 Å². The Morgan fingerprint density at radius 1 is 0.966 bits per heavy atom. The molecule has 2 saturated carbocycles. The molecule has 6 nitrogen and oxygen atoms in total. The van der Waals surface area contributed by atoms with Gasteiger partial charge in [0.1, 0.15) is 0 Å². The number of rotatable bonds is 9. The average Bonchev–Trinajstić information content (AvgIpc) is 3.66. The monoisotopic (exact) mass is 411 g/mol. The summed E-state index contributed by atoms with van der Waals surface area (Å²) in [5, 5.41) is 9.44. The lowest BCUT2D eigenvalue weighted by Gasteiger charge is -2.23. The molecule has 2 N–H and O–H groups in total. The van der Waals surface area contributed by atoms with E-state index in [9.17, 15) is 14.4 Å². The van der Waals surface area contributed by atoms with Crippen LogP contribution in [0.3, 0.4) is 0 Å². The molecule has 2 aliphatic carbocycles. The second kappa shape index (κ2) is 8.78. The molecular formula is C22H25N3O3S. The van der Waals surface area contributed by atoms with Gasteiger partial charge in [0.2, 0.25) is 5.91 Å². The molecule has 0 saturated heterocycles. The number of thiophene rings is 1. The third kappa shape index (κ3) is 5.44. The van der Waals surface area contributed by atoms with Crippen molar-refractivity contribution in [1.82, 2.24) is 15.5 Å². The summed E-state index contributed by atoms with van der Waals surface area (Å²) in [7, 11) is 0. The molecule has 0 radical (unpaired) electrons. The van der Waals surface area contributed by atoms with Crippen molar-refractivity contribution in [3.8, 4) is 0 Å². The zero-order chi connectivity index (χ0) is 20.2. The van der Waals surface area contributed by atoms with Gasteiger partial charge in [0.15, 0.2) is 0 Å². The summed E-state index contributed by atoms with van der Waals surface area (Å²) in [6, 6.07) is 9.88. The molecule has 3 amide bonds. The lowest BCUT2D eigenvalue weighted by atomic mass is 10.1. The molecule has 0 bridgehead atoms. The minimum absolute atomic E-state index is 0.0319. The van der Waals surface area contributed by atoms with Crippen molar-refractivity contribution in [2.75, 3.05) is 6.54 Å². The van der Waals surface area contributed by atoms with E-state index >= 15 is 0 Å². The molecule has 1 aromatic carbocycles. The summed E-state index contributed by atoms with van der Waals surface area (Å²) >= 11 is 1.47. The second-order valence-corrected chi connectivity index (χ2v) is 8.50. The van der Waals surface area contributed by atoms with Crippen LogP contribution in [0, 0.1) is 0 Å². The Morgan fingerprint density at radius 3 is 2.34 bits per heavy atom. The van der Waals surface area contributed by atoms with Gasteiger partial charge in [0.25, 0.3) is 11.8 Å². The first-order valence-electron chi connectivity index (χ1n) is 10.1. The SMILES string of the molecule is O=C(NCCC(=O)N(Cc1ccc(C(=O)NC2CC2)cc1)C1CC1)c1ccsc1. The summed E-state index contributed by atoms with van der Waals surface area (Å²) in [6.07, 6.45) is 4.46. The predicted molar refractivity (Wildman–Crippen MR) is 112 cm³/mol. The van der Waals surface area contributed by atoms with E-state index in [1.165, 1.54) is 11.3 Å². The van der Waals surface area contributed by atoms with Crippen LogP contribution < -0.4 is 10.6 Å². The zero-order valence-electron chi connectivity index (χ0n) is 16.2. The highest BCUT2D eigenvalue weighted by atomic mass is 32.1. The van der Waals surface area contributed by atoms with E-state index in [0.29, 0.717) is 30.3 Å². The van der Waals surface area contributed by atoms with Gasteiger partial charge in [-0.05, 0) is 54.8 Å². The first-order chi connectivity index (χ1) is 14.1. The first-order valence-corrected chi connectivity index (χ1v) is 11.0. The molecule has 152 valence electrons. The molecule has 4 rings (SSSR count). The third-order valence-electron chi connectivity index (χ3n) is 5.20. The summed E-state index contributed by atoms with van der Waals surface area (Å²) in [6.45, 7) is 0.865. The van der Waals surface area contributed by atoms with Crippen molar-refractivity contribution in [2.24, 2.45) is 0 Å². The molecule has 2 fully saturated rings. The summed E-state index contributed by atoms with van der Waals surface area (Å²) in [4.78, 5) is 38.7. The van der Waals surface area contributed by atoms with E-state index < -0.39 is 0 Å². The number of carbonyl (C=O) groups is 3. The number of nitrogens with one attached hydrogen (secondary N) is 2. The molecular weight excluding hydrogens is 386 g/mol. The molecule has 7 heteroatoms.